The summed E-state index contributed by atoms with van der Waals surface area (Å²) >= 11 is 0. The summed E-state index contributed by atoms with van der Waals surface area (Å²) in [6, 6.07) is 11.6. The highest BCUT2D eigenvalue weighted by Crippen LogP contribution is 2.14. The summed E-state index contributed by atoms with van der Waals surface area (Å²) < 4.78 is 4.97. The van der Waals surface area contributed by atoms with Crippen LogP contribution < -0.4 is 16.0 Å². The second-order valence-corrected chi connectivity index (χ2v) is 8.97. The van der Waals surface area contributed by atoms with Crippen LogP contribution in [0.1, 0.15) is 49.0 Å². The predicted molar refractivity (Wildman–Crippen MR) is 138 cm³/mol. The molecule has 1 aliphatic rings. The third kappa shape index (κ3) is 8.27. The Kier molecular flexibility index (Phi) is 10.1. The Labute approximate surface area is 212 Å². The van der Waals surface area contributed by atoms with Gasteiger partial charge in [0.1, 0.15) is 11.8 Å². The lowest BCUT2D eigenvalue weighted by Gasteiger charge is -2.22. The number of anilines is 1. The van der Waals surface area contributed by atoms with E-state index < -0.39 is 18.0 Å². The van der Waals surface area contributed by atoms with Gasteiger partial charge in [-0.3, -0.25) is 4.79 Å². The number of hydrogen-bond acceptors (Lipinski definition) is 6. The Morgan fingerprint density at radius 3 is 2.47 bits per heavy atom. The van der Waals surface area contributed by atoms with E-state index in [1.54, 1.807) is 55.5 Å². The standard InChI is InChI=1S/C27H36N4O5/c1-3-5-15-31-16-14-22(18-31)28-25(33)24(17-19-6-12-23(32)13-7-19)30-27(35)29-21-10-8-20(9-11-21)26(34)36-4-2/h6-13,22,24,32H,3-5,14-18H2,1-2H3,(H,28,33)(H2,29,30,35)/t22?,24-/m0/s1. The van der Waals surface area contributed by atoms with Crippen molar-refractivity contribution in [3.05, 3.63) is 59.7 Å². The predicted octanol–water partition coefficient (Wildman–Crippen LogP) is 3.29. The van der Waals surface area contributed by atoms with Gasteiger partial charge in [0.05, 0.1) is 12.2 Å². The number of unbranched alkanes of at least 4 members (excludes halogenated alkanes) is 1. The molecule has 0 radical (unpaired) electrons. The molecule has 4 N–H and O–H groups in total. The number of carbonyl (C=O) groups excluding carboxylic acids is 3. The maximum atomic E-state index is 13.2. The van der Waals surface area contributed by atoms with Gasteiger partial charge in [-0.05, 0) is 68.3 Å². The first-order chi connectivity index (χ1) is 17.4. The van der Waals surface area contributed by atoms with E-state index in [2.05, 4.69) is 27.8 Å². The van der Waals surface area contributed by atoms with Gasteiger partial charge in [-0.1, -0.05) is 25.5 Å². The van der Waals surface area contributed by atoms with Gasteiger partial charge in [0, 0.05) is 31.2 Å². The number of phenolic OH excluding ortho intramolecular Hbond substituents is 1. The van der Waals surface area contributed by atoms with Gasteiger partial charge in [0.25, 0.3) is 0 Å². The van der Waals surface area contributed by atoms with E-state index in [1.807, 2.05) is 0 Å². The molecule has 0 bridgehead atoms. The molecule has 9 heteroatoms. The van der Waals surface area contributed by atoms with Crippen LogP contribution >= 0.6 is 0 Å². The molecule has 1 fully saturated rings. The number of likely N-dealkylation sites (tertiary alicyclic amines) is 1. The highest BCUT2D eigenvalue weighted by atomic mass is 16.5. The molecule has 0 saturated carbocycles. The highest BCUT2D eigenvalue weighted by Gasteiger charge is 2.28. The third-order valence-electron chi connectivity index (χ3n) is 6.10. The van der Waals surface area contributed by atoms with Gasteiger partial charge in [-0.15, -0.1) is 0 Å². The maximum absolute atomic E-state index is 13.2. The zero-order chi connectivity index (χ0) is 25.9. The molecule has 3 rings (SSSR count). The molecule has 1 unspecified atom stereocenters. The largest absolute Gasteiger partial charge is 0.508 e. The monoisotopic (exact) mass is 496 g/mol. The number of ether oxygens (including phenoxy) is 1. The molecule has 194 valence electrons. The summed E-state index contributed by atoms with van der Waals surface area (Å²) in [6.07, 6.45) is 3.41. The van der Waals surface area contributed by atoms with Gasteiger partial charge in [-0.2, -0.15) is 0 Å². The van der Waals surface area contributed by atoms with E-state index >= 15 is 0 Å². The smallest absolute Gasteiger partial charge is 0.338 e. The number of esters is 1. The number of hydrogen-bond donors (Lipinski definition) is 4. The second kappa shape index (κ2) is 13.5. The summed E-state index contributed by atoms with van der Waals surface area (Å²) in [7, 11) is 0. The molecule has 0 spiro atoms. The average molecular weight is 497 g/mol. The molecule has 1 aliphatic heterocycles. The van der Waals surface area contributed by atoms with Crippen LogP contribution in [-0.4, -0.2) is 66.2 Å². The molecule has 9 nitrogen and oxygen atoms in total. The number of rotatable bonds is 11. The van der Waals surface area contributed by atoms with Gasteiger partial charge in [0.15, 0.2) is 0 Å². The van der Waals surface area contributed by atoms with Crippen LogP contribution in [-0.2, 0) is 16.0 Å². The first-order valence-electron chi connectivity index (χ1n) is 12.5. The third-order valence-corrected chi connectivity index (χ3v) is 6.10. The van der Waals surface area contributed by atoms with Crippen molar-refractivity contribution in [1.29, 1.82) is 0 Å². The number of phenols is 1. The molecule has 36 heavy (non-hydrogen) atoms. The summed E-state index contributed by atoms with van der Waals surface area (Å²) in [5.41, 5.74) is 1.67. The van der Waals surface area contributed by atoms with Crippen molar-refractivity contribution in [3.63, 3.8) is 0 Å². The van der Waals surface area contributed by atoms with Crippen LogP contribution in [0.2, 0.25) is 0 Å². The minimum Gasteiger partial charge on any atom is -0.508 e. The first-order valence-corrected chi connectivity index (χ1v) is 12.5. The quantitative estimate of drug-likeness (QED) is 0.355. The molecule has 0 aliphatic carbocycles. The number of nitrogens with zero attached hydrogens (tertiary/aromatic N) is 1. The zero-order valence-corrected chi connectivity index (χ0v) is 21.0. The van der Waals surface area contributed by atoms with E-state index in [0.717, 1.165) is 44.5 Å². The van der Waals surface area contributed by atoms with Crippen molar-refractivity contribution in [3.8, 4) is 5.75 Å². The molecular formula is C27H36N4O5. The lowest BCUT2D eigenvalue weighted by atomic mass is 10.0. The number of benzene rings is 2. The van der Waals surface area contributed by atoms with Crippen molar-refractivity contribution >= 4 is 23.6 Å². The molecule has 1 heterocycles. The Balaban J connectivity index is 1.62. The lowest BCUT2D eigenvalue weighted by Crippen LogP contribution is -2.52. The van der Waals surface area contributed by atoms with Crippen molar-refractivity contribution in [2.75, 3.05) is 31.6 Å². The van der Waals surface area contributed by atoms with Gasteiger partial charge >= 0.3 is 12.0 Å². The fraction of sp³-hybridized carbons (Fsp3) is 0.444. The molecule has 2 atom stereocenters. The molecule has 0 aromatic heterocycles. The molecular weight excluding hydrogens is 460 g/mol. The SMILES string of the molecule is CCCCN1CCC(NC(=O)[C@H](Cc2ccc(O)cc2)NC(=O)Nc2ccc(C(=O)OCC)cc2)C1. The van der Waals surface area contributed by atoms with Crippen molar-refractivity contribution in [2.45, 2.75) is 51.6 Å². The van der Waals surface area contributed by atoms with Crippen LogP contribution in [0.25, 0.3) is 0 Å². The highest BCUT2D eigenvalue weighted by molar-refractivity contribution is 5.95. The van der Waals surface area contributed by atoms with Crippen LogP contribution in [0, 0.1) is 0 Å². The lowest BCUT2D eigenvalue weighted by molar-refractivity contribution is -0.123. The number of aromatic hydroxyl groups is 1. The number of amides is 3. The van der Waals surface area contributed by atoms with Gasteiger partial charge in [0.2, 0.25) is 5.91 Å². The van der Waals surface area contributed by atoms with Gasteiger partial charge < -0.3 is 30.7 Å². The summed E-state index contributed by atoms with van der Waals surface area (Å²) in [5.74, 6) is -0.549. The van der Waals surface area contributed by atoms with Crippen LogP contribution in [0.5, 0.6) is 5.75 Å². The van der Waals surface area contributed by atoms with Crippen molar-refractivity contribution in [1.82, 2.24) is 15.5 Å². The zero-order valence-electron chi connectivity index (χ0n) is 21.0. The summed E-state index contributed by atoms with van der Waals surface area (Å²) in [6.45, 7) is 6.95. The van der Waals surface area contributed by atoms with E-state index in [0.29, 0.717) is 11.3 Å². The minimum absolute atomic E-state index is 0.0388. The summed E-state index contributed by atoms with van der Waals surface area (Å²) in [4.78, 5) is 40.1. The van der Waals surface area contributed by atoms with Crippen LogP contribution in [0.4, 0.5) is 10.5 Å². The molecule has 3 amide bonds. The van der Waals surface area contributed by atoms with Crippen LogP contribution in [0.3, 0.4) is 0 Å². The fourth-order valence-corrected chi connectivity index (χ4v) is 4.14. The molecule has 1 saturated heterocycles. The number of carbonyl (C=O) groups is 3. The maximum Gasteiger partial charge on any atom is 0.338 e. The average Bonchev–Trinajstić information content (AvgIpc) is 3.31. The van der Waals surface area contributed by atoms with E-state index in [1.165, 1.54) is 0 Å². The Bertz CT molecular complexity index is 1010. The number of urea groups is 1. The summed E-state index contributed by atoms with van der Waals surface area (Å²) in [5, 5.41) is 18.2. The number of nitrogens with one attached hydrogen (secondary N) is 3. The van der Waals surface area contributed by atoms with E-state index in [4.69, 9.17) is 4.74 Å². The topological polar surface area (TPSA) is 120 Å². The molecule has 2 aromatic carbocycles. The molecule has 2 aromatic rings. The Hall–Kier alpha value is -3.59. The van der Waals surface area contributed by atoms with Crippen molar-refractivity contribution in [2.24, 2.45) is 0 Å². The normalized spacial score (nSPS) is 16.2. The Morgan fingerprint density at radius 2 is 1.81 bits per heavy atom. The first kappa shape index (κ1) is 27.0. The fourth-order valence-electron chi connectivity index (χ4n) is 4.14. The van der Waals surface area contributed by atoms with Gasteiger partial charge in [-0.25, -0.2) is 9.59 Å². The van der Waals surface area contributed by atoms with Crippen LogP contribution in [0.15, 0.2) is 48.5 Å². The Morgan fingerprint density at radius 1 is 1.08 bits per heavy atom. The minimum atomic E-state index is -0.807. The second-order valence-electron chi connectivity index (χ2n) is 8.97. The van der Waals surface area contributed by atoms with E-state index in [-0.39, 0.29) is 30.7 Å². The van der Waals surface area contributed by atoms with Crippen molar-refractivity contribution < 1.29 is 24.2 Å². The van der Waals surface area contributed by atoms with E-state index in [9.17, 15) is 19.5 Å².